The van der Waals surface area contributed by atoms with Gasteiger partial charge in [-0.25, -0.2) is 0 Å². The molecule has 0 aromatic carbocycles. The molecule has 0 bridgehead atoms. The van der Waals surface area contributed by atoms with Crippen LogP contribution >= 0.6 is 0 Å². The number of aryl methyl sites for hydroxylation is 1. The fraction of sp³-hybridized carbons (Fsp3) is 0.500. The standard InChI is InChI=1S/C10H12N2/c1-2-8-9-6-11-4-7(9)5-12-10(8)3-1/h5,11H,1-4,6H2. The van der Waals surface area contributed by atoms with E-state index in [4.69, 9.17) is 0 Å². The van der Waals surface area contributed by atoms with E-state index in [-0.39, 0.29) is 0 Å². The summed E-state index contributed by atoms with van der Waals surface area (Å²) < 4.78 is 0. The number of fused-ring (bicyclic) bond motifs is 3. The van der Waals surface area contributed by atoms with Crippen molar-refractivity contribution in [2.45, 2.75) is 32.4 Å². The van der Waals surface area contributed by atoms with Crippen LogP contribution in [0.25, 0.3) is 0 Å². The third kappa shape index (κ3) is 0.758. The fourth-order valence-electron chi connectivity index (χ4n) is 2.32. The molecule has 0 unspecified atom stereocenters. The van der Waals surface area contributed by atoms with Gasteiger partial charge in [0.2, 0.25) is 0 Å². The monoisotopic (exact) mass is 160 g/mol. The summed E-state index contributed by atoms with van der Waals surface area (Å²) in [4.78, 5) is 4.49. The van der Waals surface area contributed by atoms with E-state index in [0.717, 1.165) is 13.1 Å². The van der Waals surface area contributed by atoms with Crippen LogP contribution in [-0.2, 0) is 25.9 Å². The summed E-state index contributed by atoms with van der Waals surface area (Å²) in [6.07, 6.45) is 5.81. The summed E-state index contributed by atoms with van der Waals surface area (Å²) in [5, 5.41) is 3.38. The van der Waals surface area contributed by atoms with E-state index in [1.54, 1.807) is 11.1 Å². The van der Waals surface area contributed by atoms with Crippen LogP contribution in [0.4, 0.5) is 0 Å². The highest BCUT2D eigenvalue weighted by Gasteiger charge is 2.21. The molecule has 0 saturated carbocycles. The van der Waals surface area contributed by atoms with Gasteiger partial charge in [0.15, 0.2) is 0 Å². The van der Waals surface area contributed by atoms with Crippen molar-refractivity contribution < 1.29 is 0 Å². The van der Waals surface area contributed by atoms with Gasteiger partial charge in [-0.05, 0) is 36.0 Å². The van der Waals surface area contributed by atoms with Crippen molar-refractivity contribution in [3.63, 3.8) is 0 Å². The Balaban J connectivity index is 2.24. The van der Waals surface area contributed by atoms with Crippen molar-refractivity contribution in [1.82, 2.24) is 10.3 Å². The average Bonchev–Trinajstić information content (AvgIpc) is 2.71. The van der Waals surface area contributed by atoms with Crippen LogP contribution in [0.1, 0.15) is 28.8 Å². The first-order valence-corrected chi connectivity index (χ1v) is 4.64. The molecule has 2 aliphatic rings. The van der Waals surface area contributed by atoms with Crippen LogP contribution in [0, 0.1) is 0 Å². The molecular formula is C10H12N2. The van der Waals surface area contributed by atoms with Crippen LogP contribution in [0.5, 0.6) is 0 Å². The van der Waals surface area contributed by atoms with Crippen molar-refractivity contribution in [1.29, 1.82) is 0 Å². The Morgan fingerprint density at radius 1 is 1.17 bits per heavy atom. The molecule has 2 nitrogen and oxygen atoms in total. The highest BCUT2D eigenvalue weighted by Crippen LogP contribution is 2.28. The summed E-state index contributed by atoms with van der Waals surface area (Å²) in [7, 11) is 0. The highest BCUT2D eigenvalue weighted by molar-refractivity contribution is 5.41. The van der Waals surface area contributed by atoms with Crippen LogP contribution in [0.15, 0.2) is 6.20 Å². The van der Waals surface area contributed by atoms with Gasteiger partial charge in [-0.15, -0.1) is 0 Å². The number of nitrogens with zero attached hydrogens (tertiary/aromatic N) is 1. The smallest absolute Gasteiger partial charge is 0.0439 e. The summed E-state index contributed by atoms with van der Waals surface area (Å²) in [5.74, 6) is 0. The van der Waals surface area contributed by atoms with Gasteiger partial charge in [0.05, 0.1) is 0 Å². The zero-order chi connectivity index (χ0) is 7.97. The molecule has 1 N–H and O–H groups in total. The molecule has 1 aromatic rings. The lowest BCUT2D eigenvalue weighted by Crippen LogP contribution is -2.00. The van der Waals surface area contributed by atoms with E-state index in [9.17, 15) is 0 Å². The SMILES string of the molecule is c1nc2c(c3c1CNC3)CCC2. The zero-order valence-electron chi connectivity index (χ0n) is 7.06. The maximum atomic E-state index is 4.49. The number of aromatic nitrogens is 1. The minimum Gasteiger partial charge on any atom is -0.309 e. The fourth-order valence-corrected chi connectivity index (χ4v) is 2.32. The van der Waals surface area contributed by atoms with E-state index in [1.807, 2.05) is 0 Å². The number of nitrogens with one attached hydrogen (secondary N) is 1. The van der Waals surface area contributed by atoms with E-state index < -0.39 is 0 Å². The van der Waals surface area contributed by atoms with Gasteiger partial charge in [-0.2, -0.15) is 0 Å². The van der Waals surface area contributed by atoms with Crippen molar-refractivity contribution in [2.24, 2.45) is 0 Å². The Bertz CT molecular complexity index is 298. The Labute approximate surface area is 72.0 Å². The molecule has 0 atom stereocenters. The lowest BCUT2D eigenvalue weighted by molar-refractivity contribution is 0.761. The molecule has 62 valence electrons. The summed E-state index contributed by atoms with van der Waals surface area (Å²) in [5.41, 5.74) is 5.89. The maximum Gasteiger partial charge on any atom is 0.0439 e. The molecule has 1 aliphatic heterocycles. The second-order valence-electron chi connectivity index (χ2n) is 3.64. The molecule has 1 aliphatic carbocycles. The minimum absolute atomic E-state index is 1.02. The molecular weight excluding hydrogens is 148 g/mol. The van der Waals surface area contributed by atoms with Crippen molar-refractivity contribution >= 4 is 0 Å². The van der Waals surface area contributed by atoms with Crippen LogP contribution < -0.4 is 5.32 Å². The molecule has 0 saturated heterocycles. The number of rotatable bonds is 0. The molecule has 0 amide bonds. The van der Waals surface area contributed by atoms with Crippen molar-refractivity contribution in [3.05, 3.63) is 28.6 Å². The second-order valence-corrected chi connectivity index (χ2v) is 3.64. The zero-order valence-corrected chi connectivity index (χ0v) is 7.06. The van der Waals surface area contributed by atoms with E-state index in [2.05, 4.69) is 16.5 Å². The van der Waals surface area contributed by atoms with Crippen LogP contribution in [0.3, 0.4) is 0 Å². The van der Waals surface area contributed by atoms with Gasteiger partial charge >= 0.3 is 0 Å². The first kappa shape index (κ1) is 6.61. The van der Waals surface area contributed by atoms with Crippen molar-refractivity contribution in [3.8, 4) is 0 Å². The Hall–Kier alpha value is -0.890. The maximum absolute atomic E-state index is 4.49. The lowest BCUT2D eigenvalue weighted by Gasteiger charge is -2.04. The second kappa shape index (κ2) is 2.30. The van der Waals surface area contributed by atoms with Gasteiger partial charge in [-0.1, -0.05) is 0 Å². The third-order valence-corrected chi connectivity index (χ3v) is 2.93. The van der Waals surface area contributed by atoms with Crippen LogP contribution in [-0.4, -0.2) is 4.98 Å². The Morgan fingerprint density at radius 3 is 3.17 bits per heavy atom. The molecule has 2 heterocycles. The molecule has 2 heteroatoms. The summed E-state index contributed by atoms with van der Waals surface area (Å²) in [6.45, 7) is 2.09. The summed E-state index contributed by atoms with van der Waals surface area (Å²) in [6, 6.07) is 0. The first-order chi connectivity index (χ1) is 5.95. The molecule has 0 fully saturated rings. The molecule has 1 aromatic heterocycles. The van der Waals surface area contributed by atoms with Gasteiger partial charge < -0.3 is 5.32 Å². The predicted molar refractivity (Wildman–Crippen MR) is 46.8 cm³/mol. The largest absolute Gasteiger partial charge is 0.309 e. The molecule has 12 heavy (non-hydrogen) atoms. The molecule has 0 radical (unpaired) electrons. The molecule has 0 spiro atoms. The topological polar surface area (TPSA) is 24.9 Å². The average molecular weight is 160 g/mol. The number of hydrogen-bond donors (Lipinski definition) is 1. The van der Waals surface area contributed by atoms with Gasteiger partial charge in [-0.3, -0.25) is 4.98 Å². The van der Waals surface area contributed by atoms with Crippen molar-refractivity contribution in [2.75, 3.05) is 0 Å². The quantitative estimate of drug-likeness (QED) is 0.616. The van der Waals surface area contributed by atoms with Gasteiger partial charge in [0.1, 0.15) is 0 Å². The number of hydrogen-bond acceptors (Lipinski definition) is 2. The Morgan fingerprint density at radius 2 is 2.17 bits per heavy atom. The van der Waals surface area contributed by atoms with E-state index in [1.165, 1.54) is 30.5 Å². The minimum atomic E-state index is 1.02. The lowest BCUT2D eigenvalue weighted by atomic mass is 10.1. The Kier molecular flexibility index (Phi) is 1.27. The predicted octanol–water partition coefficient (Wildman–Crippen LogP) is 1.17. The normalized spacial score (nSPS) is 19.3. The first-order valence-electron chi connectivity index (χ1n) is 4.64. The van der Waals surface area contributed by atoms with E-state index >= 15 is 0 Å². The van der Waals surface area contributed by atoms with E-state index in [0.29, 0.717) is 0 Å². The van der Waals surface area contributed by atoms with Gasteiger partial charge in [0, 0.05) is 25.0 Å². The third-order valence-electron chi connectivity index (χ3n) is 2.93. The van der Waals surface area contributed by atoms with Gasteiger partial charge in [0.25, 0.3) is 0 Å². The summed E-state index contributed by atoms with van der Waals surface area (Å²) >= 11 is 0. The van der Waals surface area contributed by atoms with Crippen LogP contribution in [0.2, 0.25) is 0 Å². The molecule has 3 rings (SSSR count). The highest BCUT2D eigenvalue weighted by atomic mass is 14.9. The number of pyridine rings is 1.